The van der Waals surface area contributed by atoms with Crippen molar-refractivity contribution < 1.29 is 25.5 Å². The molecule has 5 heteroatoms. The van der Waals surface area contributed by atoms with Crippen molar-refractivity contribution in [3.63, 3.8) is 0 Å². The monoisotopic (exact) mass is 492 g/mol. The maximum Gasteiger partial charge on any atom is 0.0745 e. The van der Waals surface area contributed by atoms with Crippen LogP contribution in [0.2, 0.25) is 0 Å². The zero-order valence-electron chi connectivity index (χ0n) is 23.2. The molecule has 4 rings (SSSR count). The standard InChI is InChI=1S/C30H52O5/c1-17(2)19(31)10-14-30(8,35)18-9-13-28(6)24(18)20(32)15-22-27(5)12-11-23(34)26(3,4)25(27)21(33)16-29(22,28)7/h18-25,31-35H,1,9-16H2,2-8H3/t18-,19-,20+,21-,22+,23-,24-,25+,27+,28+,29+,30-/m0/s1. The maximum atomic E-state index is 11.8. The van der Waals surface area contributed by atoms with Crippen LogP contribution in [0.4, 0.5) is 0 Å². The van der Waals surface area contributed by atoms with Gasteiger partial charge < -0.3 is 25.5 Å². The first-order valence-corrected chi connectivity index (χ1v) is 14.0. The molecular weight excluding hydrogens is 440 g/mol. The topological polar surface area (TPSA) is 101 Å². The lowest BCUT2D eigenvalue weighted by atomic mass is 9.34. The van der Waals surface area contributed by atoms with Crippen LogP contribution in [0.5, 0.6) is 0 Å². The molecule has 4 aliphatic carbocycles. The first-order chi connectivity index (χ1) is 15.9. The highest BCUT2D eigenvalue weighted by Gasteiger charge is 2.72. The molecule has 12 atom stereocenters. The lowest BCUT2D eigenvalue weighted by molar-refractivity contribution is -0.274. The fourth-order valence-electron chi connectivity index (χ4n) is 10.5. The van der Waals surface area contributed by atoms with Gasteiger partial charge in [0.15, 0.2) is 0 Å². The van der Waals surface area contributed by atoms with Gasteiger partial charge in [-0.05, 0) is 111 Å². The molecule has 4 saturated carbocycles. The van der Waals surface area contributed by atoms with Crippen LogP contribution in [0, 0.1) is 45.3 Å². The first kappa shape index (κ1) is 27.6. The van der Waals surface area contributed by atoms with Gasteiger partial charge in [0, 0.05) is 0 Å². The second-order valence-corrected chi connectivity index (χ2v) is 14.8. The second kappa shape index (κ2) is 8.53. The van der Waals surface area contributed by atoms with Crippen molar-refractivity contribution in [2.45, 2.75) is 130 Å². The van der Waals surface area contributed by atoms with Gasteiger partial charge in [0.2, 0.25) is 0 Å². The summed E-state index contributed by atoms with van der Waals surface area (Å²) in [5.74, 6) is 0.147. The molecular formula is C30H52O5. The molecule has 0 unspecified atom stereocenters. The van der Waals surface area contributed by atoms with Gasteiger partial charge in [0.05, 0.1) is 30.0 Å². The molecule has 4 aliphatic rings. The molecule has 5 nitrogen and oxygen atoms in total. The molecule has 0 bridgehead atoms. The molecule has 0 saturated heterocycles. The van der Waals surface area contributed by atoms with E-state index in [0.29, 0.717) is 31.3 Å². The molecule has 0 aromatic carbocycles. The van der Waals surface area contributed by atoms with Crippen molar-refractivity contribution in [2.75, 3.05) is 0 Å². The zero-order valence-corrected chi connectivity index (χ0v) is 23.2. The largest absolute Gasteiger partial charge is 0.393 e. The summed E-state index contributed by atoms with van der Waals surface area (Å²) in [6.45, 7) is 18.7. The van der Waals surface area contributed by atoms with Crippen LogP contribution < -0.4 is 0 Å². The highest BCUT2D eigenvalue weighted by Crippen LogP contribution is 2.75. The summed E-state index contributed by atoms with van der Waals surface area (Å²) in [4.78, 5) is 0. The Bertz CT molecular complexity index is 837. The van der Waals surface area contributed by atoms with E-state index >= 15 is 0 Å². The number of hydrogen-bond donors (Lipinski definition) is 5. The Hall–Kier alpha value is -0.460. The van der Waals surface area contributed by atoms with Crippen molar-refractivity contribution in [1.29, 1.82) is 0 Å². The summed E-state index contributed by atoms with van der Waals surface area (Å²) < 4.78 is 0. The molecule has 0 aliphatic heterocycles. The minimum Gasteiger partial charge on any atom is -0.393 e. The van der Waals surface area contributed by atoms with Crippen LogP contribution in [0.15, 0.2) is 12.2 Å². The van der Waals surface area contributed by atoms with Gasteiger partial charge in [-0.25, -0.2) is 0 Å². The van der Waals surface area contributed by atoms with Crippen molar-refractivity contribution in [3.8, 4) is 0 Å². The number of aliphatic hydroxyl groups is 5. The van der Waals surface area contributed by atoms with E-state index in [1.807, 2.05) is 13.8 Å². The van der Waals surface area contributed by atoms with Gasteiger partial charge in [0.1, 0.15) is 0 Å². The molecule has 4 fully saturated rings. The van der Waals surface area contributed by atoms with Crippen molar-refractivity contribution in [3.05, 3.63) is 12.2 Å². The van der Waals surface area contributed by atoms with Crippen LogP contribution in [0.25, 0.3) is 0 Å². The first-order valence-electron chi connectivity index (χ1n) is 14.0. The van der Waals surface area contributed by atoms with Gasteiger partial charge in [-0.2, -0.15) is 0 Å². The van der Waals surface area contributed by atoms with Gasteiger partial charge in [0.25, 0.3) is 0 Å². The fraction of sp³-hybridized carbons (Fsp3) is 0.933. The molecule has 5 N–H and O–H groups in total. The third kappa shape index (κ3) is 3.81. The van der Waals surface area contributed by atoms with E-state index in [-0.39, 0.29) is 45.3 Å². The van der Waals surface area contributed by atoms with E-state index in [2.05, 4.69) is 41.2 Å². The fourth-order valence-corrected chi connectivity index (χ4v) is 10.5. The molecule has 35 heavy (non-hydrogen) atoms. The van der Waals surface area contributed by atoms with Crippen LogP contribution in [-0.2, 0) is 0 Å². The van der Waals surface area contributed by atoms with E-state index in [1.165, 1.54) is 0 Å². The quantitative estimate of drug-likeness (QED) is 0.365. The molecule has 0 amide bonds. The highest BCUT2D eigenvalue weighted by atomic mass is 16.3. The zero-order chi connectivity index (χ0) is 26.4. The predicted octanol–water partition coefficient (Wildman–Crippen LogP) is 4.44. The average Bonchev–Trinajstić information content (AvgIpc) is 3.12. The van der Waals surface area contributed by atoms with E-state index in [1.54, 1.807) is 0 Å². The number of aliphatic hydroxyl groups excluding tert-OH is 4. The molecule has 0 radical (unpaired) electrons. The molecule has 0 heterocycles. The summed E-state index contributed by atoms with van der Waals surface area (Å²) >= 11 is 0. The van der Waals surface area contributed by atoms with Gasteiger partial charge in [-0.1, -0.05) is 46.8 Å². The summed E-state index contributed by atoms with van der Waals surface area (Å²) in [5.41, 5.74) is -1.17. The van der Waals surface area contributed by atoms with E-state index in [0.717, 1.165) is 25.7 Å². The minimum atomic E-state index is -0.986. The second-order valence-electron chi connectivity index (χ2n) is 14.8. The third-order valence-corrected chi connectivity index (χ3v) is 12.5. The van der Waals surface area contributed by atoms with Crippen LogP contribution >= 0.6 is 0 Å². The lowest BCUT2D eigenvalue weighted by Crippen LogP contribution is -2.69. The van der Waals surface area contributed by atoms with Gasteiger partial charge in [-0.3, -0.25) is 0 Å². The average molecular weight is 493 g/mol. The highest BCUT2D eigenvalue weighted by molar-refractivity contribution is 5.21. The van der Waals surface area contributed by atoms with E-state index in [4.69, 9.17) is 0 Å². The summed E-state index contributed by atoms with van der Waals surface area (Å²) in [7, 11) is 0. The van der Waals surface area contributed by atoms with Crippen LogP contribution in [-0.4, -0.2) is 55.5 Å². The maximum absolute atomic E-state index is 11.8. The van der Waals surface area contributed by atoms with Crippen LogP contribution in [0.1, 0.15) is 99.8 Å². The van der Waals surface area contributed by atoms with Gasteiger partial charge in [-0.15, -0.1) is 0 Å². The SMILES string of the molecule is C=C(C)[C@@H](O)CC[C@](C)(O)[C@H]1CC[C@]2(C)[C@@H]1[C@H](O)C[C@@H]1[C@@]3(C)CC[C@H](O)C(C)(C)[C@H]3[C@@H](O)C[C@]12C. The Balaban J connectivity index is 1.68. The number of hydrogen-bond acceptors (Lipinski definition) is 5. The summed E-state index contributed by atoms with van der Waals surface area (Å²) in [5, 5.41) is 56.3. The molecule has 202 valence electrons. The van der Waals surface area contributed by atoms with E-state index < -0.39 is 30.0 Å². The molecule has 0 spiro atoms. The van der Waals surface area contributed by atoms with Crippen molar-refractivity contribution >= 4 is 0 Å². The number of rotatable bonds is 5. The smallest absolute Gasteiger partial charge is 0.0745 e. The van der Waals surface area contributed by atoms with Crippen molar-refractivity contribution in [2.24, 2.45) is 45.3 Å². The minimum absolute atomic E-state index is 0.00638. The lowest BCUT2D eigenvalue weighted by Gasteiger charge is -2.71. The Morgan fingerprint density at radius 2 is 1.63 bits per heavy atom. The Morgan fingerprint density at radius 1 is 1.00 bits per heavy atom. The summed E-state index contributed by atoms with van der Waals surface area (Å²) in [6.07, 6.45) is 3.62. The van der Waals surface area contributed by atoms with Gasteiger partial charge >= 0.3 is 0 Å². The predicted molar refractivity (Wildman–Crippen MR) is 138 cm³/mol. The van der Waals surface area contributed by atoms with E-state index in [9.17, 15) is 25.5 Å². The third-order valence-electron chi connectivity index (χ3n) is 12.5. The number of fused-ring (bicyclic) bond motifs is 5. The Labute approximate surface area is 213 Å². The van der Waals surface area contributed by atoms with Crippen molar-refractivity contribution in [1.82, 2.24) is 0 Å². The summed E-state index contributed by atoms with van der Waals surface area (Å²) in [6, 6.07) is 0. The Kier molecular flexibility index (Phi) is 6.72. The van der Waals surface area contributed by atoms with Crippen LogP contribution in [0.3, 0.4) is 0 Å². The molecule has 0 aromatic heterocycles. The normalized spacial score (nSPS) is 51.5. The Morgan fingerprint density at radius 3 is 2.23 bits per heavy atom. The molecule has 0 aromatic rings.